The summed E-state index contributed by atoms with van der Waals surface area (Å²) in [6.07, 6.45) is 0.464. The Kier molecular flexibility index (Phi) is 4.37. The molecule has 0 bridgehead atoms. The van der Waals surface area contributed by atoms with Gasteiger partial charge in [-0.3, -0.25) is 0 Å². The number of benzene rings is 1. The van der Waals surface area contributed by atoms with Crippen molar-refractivity contribution in [2.24, 2.45) is 5.73 Å². The lowest BCUT2D eigenvalue weighted by atomic mass is 9.88. The summed E-state index contributed by atoms with van der Waals surface area (Å²) in [4.78, 5) is 13.4. The van der Waals surface area contributed by atoms with Gasteiger partial charge in [0.25, 0.3) is 0 Å². The molecular weight excluding hydrogens is 247 g/mol. The Morgan fingerprint density at radius 3 is 2.74 bits per heavy atom. The van der Waals surface area contributed by atoms with E-state index in [2.05, 4.69) is 0 Å². The van der Waals surface area contributed by atoms with Crippen LogP contribution in [0.1, 0.15) is 24.8 Å². The molecule has 4 nitrogen and oxygen atoms in total. The second kappa shape index (κ2) is 6.02. The fraction of sp³-hybridized carbons (Fsp3) is 0.500. The molecule has 2 rings (SSSR count). The van der Waals surface area contributed by atoms with Crippen molar-refractivity contribution in [3.8, 4) is 0 Å². The van der Waals surface area contributed by atoms with Gasteiger partial charge >= 0.3 is 6.09 Å². The molecular formula is C14H19FN2O2. The number of likely N-dealkylation sites (tertiary alicyclic amines) is 1. The van der Waals surface area contributed by atoms with Crippen LogP contribution in [0.15, 0.2) is 24.3 Å². The maximum Gasteiger partial charge on any atom is 0.409 e. The van der Waals surface area contributed by atoms with Gasteiger partial charge in [0.2, 0.25) is 0 Å². The van der Waals surface area contributed by atoms with E-state index in [0.29, 0.717) is 19.7 Å². The highest BCUT2D eigenvalue weighted by molar-refractivity contribution is 5.68. The molecule has 0 aliphatic carbocycles. The topological polar surface area (TPSA) is 55.6 Å². The van der Waals surface area contributed by atoms with Gasteiger partial charge in [0, 0.05) is 25.0 Å². The third-order valence-corrected chi connectivity index (χ3v) is 3.35. The number of piperidine rings is 1. The SMILES string of the molecule is CCOC(=O)N1CC(N)CC(c2ccc(F)cc2)C1. The van der Waals surface area contributed by atoms with Crippen LogP contribution in [0.3, 0.4) is 0 Å². The molecule has 1 fully saturated rings. The summed E-state index contributed by atoms with van der Waals surface area (Å²) in [6, 6.07) is 6.30. The Balaban J connectivity index is 2.09. The maximum absolute atomic E-state index is 12.9. The zero-order valence-electron chi connectivity index (χ0n) is 11.0. The van der Waals surface area contributed by atoms with E-state index in [9.17, 15) is 9.18 Å². The minimum atomic E-state index is -0.329. The zero-order chi connectivity index (χ0) is 13.8. The van der Waals surface area contributed by atoms with Crippen LogP contribution >= 0.6 is 0 Å². The Bertz CT molecular complexity index is 436. The summed E-state index contributed by atoms with van der Waals surface area (Å²) in [6.45, 7) is 3.21. The fourth-order valence-corrected chi connectivity index (χ4v) is 2.48. The van der Waals surface area contributed by atoms with E-state index in [1.165, 1.54) is 12.1 Å². The lowest BCUT2D eigenvalue weighted by molar-refractivity contribution is 0.0917. The molecule has 1 heterocycles. The molecule has 2 unspecified atom stereocenters. The maximum atomic E-state index is 12.9. The molecule has 0 aromatic heterocycles. The van der Waals surface area contributed by atoms with E-state index >= 15 is 0 Å². The highest BCUT2D eigenvalue weighted by Gasteiger charge is 2.29. The standard InChI is InChI=1S/C14H19FN2O2/c1-2-19-14(18)17-8-11(7-13(16)9-17)10-3-5-12(15)6-4-10/h3-6,11,13H,2,7-9,16H2,1H3. The second-order valence-electron chi connectivity index (χ2n) is 4.85. The van der Waals surface area contributed by atoms with Crippen LogP contribution in [-0.4, -0.2) is 36.7 Å². The first-order valence-electron chi connectivity index (χ1n) is 6.53. The number of amides is 1. The van der Waals surface area contributed by atoms with Crippen molar-refractivity contribution in [1.29, 1.82) is 0 Å². The summed E-state index contributed by atoms with van der Waals surface area (Å²) in [5.74, 6) is -0.125. The number of carbonyl (C=O) groups excluding carboxylic acids is 1. The van der Waals surface area contributed by atoms with Gasteiger partial charge in [0.15, 0.2) is 0 Å². The van der Waals surface area contributed by atoms with Crippen molar-refractivity contribution in [2.75, 3.05) is 19.7 Å². The van der Waals surface area contributed by atoms with Crippen molar-refractivity contribution in [3.05, 3.63) is 35.6 Å². The lowest BCUT2D eigenvalue weighted by Gasteiger charge is -2.35. The van der Waals surface area contributed by atoms with Crippen LogP contribution in [0.5, 0.6) is 0 Å². The number of hydrogen-bond acceptors (Lipinski definition) is 3. The first-order valence-corrected chi connectivity index (χ1v) is 6.53. The Hall–Kier alpha value is -1.62. The molecule has 1 aromatic rings. The monoisotopic (exact) mass is 266 g/mol. The van der Waals surface area contributed by atoms with E-state index < -0.39 is 0 Å². The average Bonchev–Trinajstić information content (AvgIpc) is 2.39. The Labute approximate surface area is 112 Å². The number of carbonyl (C=O) groups is 1. The number of nitrogens with zero attached hydrogens (tertiary/aromatic N) is 1. The van der Waals surface area contributed by atoms with Crippen LogP contribution in [0.25, 0.3) is 0 Å². The van der Waals surface area contributed by atoms with Crippen molar-refractivity contribution < 1.29 is 13.9 Å². The molecule has 2 atom stereocenters. The van der Waals surface area contributed by atoms with Crippen LogP contribution in [0.4, 0.5) is 9.18 Å². The minimum Gasteiger partial charge on any atom is -0.450 e. The minimum absolute atomic E-state index is 0.0757. The van der Waals surface area contributed by atoms with Crippen LogP contribution < -0.4 is 5.73 Å². The number of hydrogen-bond donors (Lipinski definition) is 1. The fourth-order valence-electron chi connectivity index (χ4n) is 2.48. The molecule has 2 N–H and O–H groups in total. The van der Waals surface area contributed by atoms with Gasteiger partial charge in [-0.1, -0.05) is 12.1 Å². The molecule has 1 aromatic carbocycles. The number of halogens is 1. The predicted molar refractivity (Wildman–Crippen MR) is 70.3 cm³/mol. The van der Waals surface area contributed by atoms with Crippen molar-refractivity contribution in [2.45, 2.75) is 25.3 Å². The molecule has 104 valence electrons. The number of rotatable bonds is 2. The molecule has 5 heteroatoms. The van der Waals surface area contributed by atoms with Crippen molar-refractivity contribution in [1.82, 2.24) is 4.90 Å². The normalized spacial score (nSPS) is 23.2. The van der Waals surface area contributed by atoms with Gasteiger partial charge in [-0.15, -0.1) is 0 Å². The molecule has 19 heavy (non-hydrogen) atoms. The van der Waals surface area contributed by atoms with E-state index in [-0.39, 0.29) is 23.9 Å². The molecule has 1 aliphatic rings. The third kappa shape index (κ3) is 3.44. The number of nitrogens with two attached hydrogens (primary N) is 1. The third-order valence-electron chi connectivity index (χ3n) is 3.35. The highest BCUT2D eigenvalue weighted by Crippen LogP contribution is 2.26. The predicted octanol–water partition coefficient (Wildman–Crippen LogP) is 2.10. The molecule has 1 amide bonds. The van der Waals surface area contributed by atoms with E-state index in [4.69, 9.17) is 10.5 Å². The Morgan fingerprint density at radius 2 is 2.11 bits per heavy atom. The van der Waals surface area contributed by atoms with E-state index in [1.807, 2.05) is 0 Å². The van der Waals surface area contributed by atoms with Gasteiger partial charge in [-0.2, -0.15) is 0 Å². The second-order valence-corrected chi connectivity index (χ2v) is 4.85. The van der Waals surface area contributed by atoms with Gasteiger partial charge < -0.3 is 15.4 Å². The zero-order valence-corrected chi connectivity index (χ0v) is 11.0. The quantitative estimate of drug-likeness (QED) is 0.891. The van der Waals surface area contributed by atoms with Gasteiger partial charge in [-0.25, -0.2) is 9.18 Å². The highest BCUT2D eigenvalue weighted by atomic mass is 19.1. The first kappa shape index (κ1) is 13.8. The largest absolute Gasteiger partial charge is 0.450 e. The van der Waals surface area contributed by atoms with Crippen molar-refractivity contribution >= 4 is 6.09 Å². The summed E-state index contributed by atoms with van der Waals surface area (Å²) in [5.41, 5.74) is 7.00. The summed E-state index contributed by atoms with van der Waals surface area (Å²) >= 11 is 0. The van der Waals surface area contributed by atoms with E-state index in [1.54, 1.807) is 24.0 Å². The molecule has 0 spiro atoms. The molecule has 0 radical (unpaired) electrons. The smallest absolute Gasteiger partial charge is 0.409 e. The van der Waals surface area contributed by atoms with E-state index in [0.717, 1.165) is 12.0 Å². The average molecular weight is 266 g/mol. The summed E-state index contributed by atoms with van der Waals surface area (Å²) in [7, 11) is 0. The number of ether oxygens (including phenoxy) is 1. The summed E-state index contributed by atoms with van der Waals surface area (Å²) in [5, 5.41) is 0. The molecule has 0 saturated carbocycles. The van der Waals surface area contributed by atoms with Gasteiger partial charge in [0.05, 0.1) is 6.61 Å². The van der Waals surface area contributed by atoms with Crippen LogP contribution in [-0.2, 0) is 4.74 Å². The van der Waals surface area contributed by atoms with Gasteiger partial charge in [0.1, 0.15) is 5.82 Å². The molecule has 1 aliphatic heterocycles. The molecule has 1 saturated heterocycles. The first-order chi connectivity index (χ1) is 9.10. The van der Waals surface area contributed by atoms with Crippen molar-refractivity contribution in [3.63, 3.8) is 0 Å². The lowest BCUT2D eigenvalue weighted by Crippen LogP contribution is -2.48. The summed E-state index contributed by atoms with van der Waals surface area (Å²) < 4.78 is 17.9. The van der Waals surface area contributed by atoms with Crippen LogP contribution in [0.2, 0.25) is 0 Å². The van der Waals surface area contributed by atoms with Gasteiger partial charge in [-0.05, 0) is 31.0 Å². The Morgan fingerprint density at radius 1 is 1.42 bits per heavy atom. The van der Waals surface area contributed by atoms with Crippen LogP contribution in [0, 0.1) is 5.82 Å².